The van der Waals surface area contributed by atoms with E-state index in [9.17, 15) is 32.7 Å². The normalized spacial score (nSPS) is 11.2. The van der Waals surface area contributed by atoms with Gasteiger partial charge in [0.25, 0.3) is 11.8 Å². The first-order chi connectivity index (χ1) is 26.3. The molecule has 0 spiro atoms. The van der Waals surface area contributed by atoms with E-state index in [-0.39, 0.29) is 23.5 Å². The summed E-state index contributed by atoms with van der Waals surface area (Å²) in [7, 11) is 1.21. The molecule has 0 aliphatic heterocycles. The topological polar surface area (TPSA) is 135 Å². The molecule has 0 atom stereocenters. The standard InChI is InChI=1S/C41H32F4N4O6/c1-24-3-7-26(8-4-24)27-11-13-29(14-12-27)39-47-38(48-55-39)28-9-5-25(6-10-28)22-49(23-37(51)52)40(53)33-18-16-31(20-35(33)42)46-36(50)19-30-15-17-32(54-2)21-34(30)41(43,44)45/h3-18,20-21H,19,22-23H2,1-2H3,(H,46,50)(H,51,52). The number of methoxy groups -OCH3 is 1. The molecule has 6 rings (SSSR count). The lowest BCUT2D eigenvalue weighted by molar-refractivity contribution is -0.139. The van der Waals surface area contributed by atoms with E-state index in [2.05, 4.69) is 15.5 Å². The highest BCUT2D eigenvalue weighted by atomic mass is 19.4. The number of hydrogen-bond acceptors (Lipinski definition) is 7. The summed E-state index contributed by atoms with van der Waals surface area (Å²) in [4.78, 5) is 43.2. The van der Waals surface area contributed by atoms with Crippen molar-refractivity contribution in [2.24, 2.45) is 0 Å². The highest BCUT2D eigenvalue weighted by molar-refractivity contribution is 5.97. The van der Waals surface area contributed by atoms with Crippen LogP contribution in [0.3, 0.4) is 0 Å². The second-order valence-corrected chi connectivity index (χ2v) is 12.6. The number of carbonyl (C=O) groups excluding carboxylic acids is 2. The number of aliphatic carboxylic acids is 1. The molecule has 2 N–H and O–H groups in total. The lowest BCUT2D eigenvalue weighted by Crippen LogP contribution is -2.35. The number of hydrogen-bond donors (Lipinski definition) is 2. The van der Waals surface area contributed by atoms with Gasteiger partial charge in [-0.3, -0.25) is 14.4 Å². The van der Waals surface area contributed by atoms with Crippen molar-refractivity contribution in [1.82, 2.24) is 15.0 Å². The van der Waals surface area contributed by atoms with Crippen molar-refractivity contribution < 1.29 is 46.3 Å². The second-order valence-electron chi connectivity index (χ2n) is 12.6. The third-order valence-corrected chi connectivity index (χ3v) is 8.60. The molecule has 1 heterocycles. The number of carbonyl (C=O) groups is 3. The van der Waals surface area contributed by atoms with Crippen molar-refractivity contribution in [2.75, 3.05) is 19.0 Å². The van der Waals surface area contributed by atoms with Crippen molar-refractivity contribution in [3.8, 4) is 39.7 Å². The van der Waals surface area contributed by atoms with Crippen LogP contribution in [0.15, 0.2) is 114 Å². The first-order valence-corrected chi connectivity index (χ1v) is 16.7. The third kappa shape index (κ3) is 9.22. The molecule has 0 radical (unpaired) electrons. The number of rotatable bonds is 12. The van der Waals surface area contributed by atoms with Crippen molar-refractivity contribution in [1.29, 1.82) is 0 Å². The maximum atomic E-state index is 15.3. The molecule has 6 aromatic rings. The number of alkyl halides is 3. The van der Waals surface area contributed by atoms with Gasteiger partial charge in [0.05, 0.1) is 24.7 Å². The summed E-state index contributed by atoms with van der Waals surface area (Å²) in [6.45, 7) is 1.08. The number of aromatic nitrogens is 2. The van der Waals surface area contributed by atoms with Crippen LogP contribution in [0.25, 0.3) is 34.0 Å². The van der Waals surface area contributed by atoms with Crippen molar-refractivity contribution in [2.45, 2.75) is 26.1 Å². The van der Waals surface area contributed by atoms with Crippen LogP contribution in [-0.2, 0) is 28.7 Å². The first-order valence-electron chi connectivity index (χ1n) is 16.7. The third-order valence-electron chi connectivity index (χ3n) is 8.60. The minimum absolute atomic E-state index is 0.0393. The van der Waals surface area contributed by atoms with Gasteiger partial charge in [-0.2, -0.15) is 18.2 Å². The Hall–Kier alpha value is -6.83. The van der Waals surface area contributed by atoms with Gasteiger partial charge in [0.1, 0.15) is 18.1 Å². The summed E-state index contributed by atoms with van der Waals surface area (Å²) in [5, 5.41) is 15.9. The van der Waals surface area contributed by atoms with Crippen LogP contribution >= 0.6 is 0 Å². The maximum Gasteiger partial charge on any atom is 0.416 e. The molecule has 14 heteroatoms. The summed E-state index contributed by atoms with van der Waals surface area (Å²) >= 11 is 0. The van der Waals surface area contributed by atoms with Crippen molar-refractivity contribution >= 4 is 23.5 Å². The van der Waals surface area contributed by atoms with Gasteiger partial charge in [-0.25, -0.2) is 4.39 Å². The molecule has 0 aliphatic carbocycles. The number of ether oxygens (including phenoxy) is 1. The molecular formula is C41H32F4N4O6. The maximum absolute atomic E-state index is 15.3. The fraction of sp³-hybridized carbons (Fsp3) is 0.146. The van der Waals surface area contributed by atoms with Crippen LogP contribution in [0.5, 0.6) is 5.75 Å². The van der Waals surface area contributed by atoms with Crippen LogP contribution < -0.4 is 10.1 Å². The molecule has 0 unspecified atom stereocenters. The van der Waals surface area contributed by atoms with Crippen LogP contribution in [0.2, 0.25) is 0 Å². The van der Waals surface area contributed by atoms with E-state index in [0.29, 0.717) is 22.8 Å². The predicted octanol–water partition coefficient (Wildman–Crippen LogP) is 8.45. The molecule has 0 saturated carbocycles. The van der Waals surface area contributed by atoms with Gasteiger partial charge in [-0.05, 0) is 71.6 Å². The summed E-state index contributed by atoms with van der Waals surface area (Å²) in [6, 6.07) is 28.8. The number of benzene rings is 5. The zero-order valence-electron chi connectivity index (χ0n) is 29.4. The largest absolute Gasteiger partial charge is 0.497 e. The van der Waals surface area contributed by atoms with E-state index in [1.807, 2.05) is 55.5 Å². The molecule has 0 bridgehead atoms. The van der Waals surface area contributed by atoms with E-state index in [0.717, 1.165) is 45.9 Å². The Balaban J connectivity index is 1.11. The zero-order valence-corrected chi connectivity index (χ0v) is 29.4. The van der Waals surface area contributed by atoms with Gasteiger partial charge >= 0.3 is 12.1 Å². The number of carboxylic acid groups (broad SMARTS) is 1. The molecule has 1 aromatic heterocycles. The van der Waals surface area contributed by atoms with Crippen LogP contribution in [0.1, 0.15) is 32.6 Å². The molecule has 5 aromatic carbocycles. The lowest BCUT2D eigenvalue weighted by Gasteiger charge is -2.21. The van der Waals surface area contributed by atoms with Crippen molar-refractivity contribution in [3.05, 3.63) is 143 Å². The number of halogens is 4. The van der Waals surface area contributed by atoms with Crippen molar-refractivity contribution in [3.63, 3.8) is 0 Å². The number of nitrogens with zero attached hydrogens (tertiary/aromatic N) is 3. The van der Waals surface area contributed by atoms with Crippen LogP contribution in [0, 0.1) is 12.7 Å². The molecular weight excluding hydrogens is 720 g/mol. The van der Waals surface area contributed by atoms with Gasteiger partial charge < -0.3 is 24.6 Å². The smallest absolute Gasteiger partial charge is 0.416 e. The summed E-state index contributed by atoms with van der Waals surface area (Å²) < 4.78 is 66.3. The molecule has 2 amide bonds. The van der Waals surface area contributed by atoms with E-state index < -0.39 is 53.9 Å². The number of carboxylic acids is 1. The minimum atomic E-state index is -4.75. The summed E-state index contributed by atoms with van der Waals surface area (Å²) in [6.07, 6.45) is -5.43. The Kier molecular flexibility index (Phi) is 11.1. The Morgan fingerprint density at radius 2 is 1.47 bits per heavy atom. The molecule has 280 valence electrons. The Morgan fingerprint density at radius 1 is 0.836 bits per heavy atom. The molecule has 0 saturated heterocycles. The Bertz CT molecular complexity index is 2340. The van der Waals surface area contributed by atoms with Gasteiger partial charge in [-0.15, -0.1) is 0 Å². The van der Waals surface area contributed by atoms with E-state index in [1.54, 1.807) is 24.3 Å². The Labute approximate surface area is 312 Å². The lowest BCUT2D eigenvalue weighted by atomic mass is 10.0. The SMILES string of the molecule is COc1ccc(CC(=O)Nc2ccc(C(=O)N(CC(=O)O)Cc3ccc(-c4noc(-c5ccc(-c6ccc(C)cc6)cc5)n4)cc3)c(F)c2)c(C(F)(F)F)c1. The van der Waals surface area contributed by atoms with E-state index in [4.69, 9.17) is 9.26 Å². The summed E-state index contributed by atoms with van der Waals surface area (Å²) in [5.41, 5.74) is 3.15. The van der Waals surface area contributed by atoms with E-state index >= 15 is 4.39 Å². The highest BCUT2D eigenvalue weighted by Crippen LogP contribution is 2.35. The fourth-order valence-electron chi connectivity index (χ4n) is 5.77. The highest BCUT2D eigenvalue weighted by Gasteiger charge is 2.34. The molecule has 0 aliphatic rings. The van der Waals surface area contributed by atoms with Gasteiger partial charge in [0.2, 0.25) is 11.7 Å². The first kappa shape index (κ1) is 37.9. The van der Waals surface area contributed by atoms with Gasteiger partial charge in [0, 0.05) is 23.4 Å². The second kappa shape index (κ2) is 16.0. The number of aryl methyl sites for hydroxylation is 1. The monoisotopic (exact) mass is 752 g/mol. The number of nitrogens with one attached hydrogen (secondary N) is 1. The van der Waals surface area contributed by atoms with Gasteiger partial charge in [-0.1, -0.05) is 77.5 Å². The minimum Gasteiger partial charge on any atom is -0.497 e. The van der Waals surface area contributed by atoms with Crippen LogP contribution in [0.4, 0.5) is 23.2 Å². The average molecular weight is 753 g/mol. The molecule has 55 heavy (non-hydrogen) atoms. The molecule has 10 nitrogen and oxygen atoms in total. The fourth-order valence-corrected chi connectivity index (χ4v) is 5.77. The number of anilines is 1. The average Bonchev–Trinajstić information content (AvgIpc) is 3.65. The Morgan fingerprint density at radius 3 is 2.09 bits per heavy atom. The quantitative estimate of drug-likeness (QED) is 0.119. The van der Waals surface area contributed by atoms with Gasteiger partial charge in [0.15, 0.2) is 0 Å². The van der Waals surface area contributed by atoms with Crippen LogP contribution in [-0.4, -0.2) is 51.6 Å². The van der Waals surface area contributed by atoms with E-state index in [1.165, 1.54) is 24.8 Å². The zero-order chi connectivity index (χ0) is 39.3. The summed E-state index contributed by atoms with van der Waals surface area (Å²) in [5.74, 6) is -3.64. The number of amides is 2. The molecule has 0 fully saturated rings. The predicted molar refractivity (Wildman–Crippen MR) is 194 cm³/mol.